The van der Waals surface area contributed by atoms with E-state index in [-0.39, 0.29) is 0 Å². The van der Waals surface area contributed by atoms with Crippen molar-refractivity contribution >= 4 is 16.5 Å². The van der Waals surface area contributed by atoms with Gasteiger partial charge in [0.15, 0.2) is 5.13 Å². The zero-order chi connectivity index (χ0) is 14.7. The summed E-state index contributed by atoms with van der Waals surface area (Å²) in [5.74, 6) is 0.998. The summed E-state index contributed by atoms with van der Waals surface area (Å²) in [6.45, 7) is 7.57. The smallest absolute Gasteiger partial charge is 0.185 e. The Bertz CT molecular complexity index is 597. The van der Waals surface area contributed by atoms with Crippen molar-refractivity contribution in [2.45, 2.75) is 33.0 Å². The Morgan fingerprint density at radius 1 is 1.38 bits per heavy atom. The highest BCUT2D eigenvalue weighted by Gasteiger charge is 2.17. The summed E-state index contributed by atoms with van der Waals surface area (Å²) in [5, 5.41) is 6.63. The number of thiazole rings is 1. The van der Waals surface area contributed by atoms with Gasteiger partial charge in [0, 0.05) is 30.1 Å². The largest absolute Gasteiger partial charge is 0.491 e. The monoisotopic (exact) mass is 303 g/mol. The Balaban J connectivity index is 1.72. The van der Waals surface area contributed by atoms with Crippen LogP contribution in [-0.2, 0) is 13.1 Å². The van der Waals surface area contributed by atoms with E-state index >= 15 is 0 Å². The molecule has 1 N–H and O–H groups in total. The third-order valence-electron chi connectivity index (χ3n) is 3.45. The van der Waals surface area contributed by atoms with Gasteiger partial charge in [-0.25, -0.2) is 4.98 Å². The van der Waals surface area contributed by atoms with Crippen molar-refractivity contribution in [1.82, 2.24) is 10.3 Å². The summed E-state index contributed by atoms with van der Waals surface area (Å²) in [6, 6.07) is 8.73. The first kappa shape index (κ1) is 14.4. The van der Waals surface area contributed by atoms with Crippen LogP contribution in [-0.4, -0.2) is 24.2 Å². The molecule has 2 aromatic rings. The zero-order valence-electron chi connectivity index (χ0n) is 12.5. The molecule has 0 bridgehead atoms. The molecule has 1 aromatic carbocycles. The average molecular weight is 303 g/mol. The van der Waals surface area contributed by atoms with Gasteiger partial charge in [0.2, 0.25) is 0 Å². The fourth-order valence-corrected chi connectivity index (χ4v) is 3.17. The molecule has 0 radical (unpaired) electrons. The van der Waals surface area contributed by atoms with Crippen LogP contribution in [0.25, 0.3) is 0 Å². The summed E-state index contributed by atoms with van der Waals surface area (Å²) in [5.41, 5.74) is 2.34. The minimum atomic E-state index is 0.480. The van der Waals surface area contributed by atoms with E-state index in [0.717, 1.165) is 36.2 Å². The number of benzene rings is 1. The summed E-state index contributed by atoms with van der Waals surface area (Å²) in [4.78, 5) is 7.05. The number of rotatable bonds is 4. The van der Waals surface area contributed by atoms with E-state index in [4.69, 9.17) is 9.72 Å². The molecule has 0 aliphatic carbocycles. The summed E-state index contributed by atoms with van der Waals surface area (Å²) in [6.07, 6.45) is 0. The Morgan fingerprint density at radius 3 is 3.10 bits per heavy atom. The quantitative estimate of drug-likeness (QED) is 0.942. The maximum atomic E-state index is 5.81. The highest BCUT2D eigenvalue weighted by atomic mass is 32.1. The molecule has 2 heterocycles. The molecular weight excluding hydrogens is 282 g/mol. The molecule has 0 saturated heterocycles. The molecule has 0 fully saturated rings. The first-order chi connectivity index (χ1) is 10.2. The van der Waals surface area contributed by atoms with Gasteiger partial charge in [-0.2, -0.15) is 0 Å². The van der Waals surface area contributed by atoms with E-state index in [1.54, 1.807) is 11.3 Å². The van der Waals surface area contributed by atoms with Gasteiger partial charge in [-0.1, -0.05) is 32.0 Å². The van der Waals surface area contributed by atoms with Crippen LogP contribution in [0.2, 0.25) is 0 Å². The number of fused-ring (bicyclic) bond motifs is 1. The standard InChI is InChI=1S/C16H21N3OS/c1-12(2)17-9-14-11-21-16(18-14)19-7-8-20-15-6-4-3-5-13(15)10-19/h3-6,11-12,17H,7-10H2,1-2H3. The van der Waals surface area contributed by atoms with E-state index < -0.39 is 0 Å². The van der Waals surface area contributed by atoms with Crippen molar-refractivity contribution < 1.29 is 4.74 Å². The second-order valence-electron chi connectivity index (χ2n) is 5.53. The Labute approximate surface area is 129 Å². The third-order valence-corrected chi connectivity index (χ3v) is 4.40. The molecule has 0 unspecified atom stereocenters. The van der Waals surface area contributed by atoms with Crippen LogP contribution in [0.4, 0.5) is 5.13 Å². The number of para-hydroxylation sites is 1. The van der Waals surface area contributed by atoms with Crippen molar-refractivity contribution in [1.29, 1.82) is 0 Å². The van der Waals surface area contributed by atoms with Gasteiger partial charge in [0.05, 0.1) is 12.2 Å². The number of hydrogen-bond acceptors (Lipinski definition) is 5. The highest BCUT2D eigenvalue weighted by Crippen LogP contribution is 2.28. The van der Waals surface area contributed by atoms with E-state index in [1.807, 2.05) is 12.1 Å². The van der Waals surface area contributed by atoms with Crippen LogP contribution in [0, 0.1) is 0 Å². The first-order valence-electron chi connectivity index (χ1n) is 7.36. The summed E-state index contributed by atoms with van der Waals surface area (Å²) >= 11 is 1.71. The fraction of sp³-hybridized carbons (Fsp3) is 0.438. The van der Waals surface area contributed by atoms with Crippen LogP contribution in [0.1, 0.15) is 25.1 Å². The van der Waals surface area contributed by atoms with Gasteiger partial charge in [-0.05, 0) is 6.07 Å². The molecule has 21 heavy (non-hydrogen) atoms. The SMILES string of the molecule is CC(C)NCc1csc(N2CCOc3ccccc3C2)n1. The first-order valence-corrected chi connectivity index (χ1v) is 8.24. The van der Waals surface area contributed by atoms with Crippen molar-refractivity contribution in [2.75, 3.05) is 18.1 Å². The highest BCUT2D eigenvalue weighted by molar-refractivity contribution is 7.13. The molecule has 3 rings (SSSR count). The predicted molar refractivity (Wildman–Crippen MR) is 87.1 cm³/mol. The van der Waals surface area contributed by atoms with Crippen LogP contribution >= 0.6 is 11.3 Å². The molecule has 5 heteroatoms. The molecule has 4 nitrogen and oxygen atoms in total. The lowest BCUT2D eigenvalue weighted by Crippen LogP contribution is -2.25. The zero-order valence-corrected chi connectivity index (χ0v) is 13.3. The number of nitrogens with one attached hydrogen (secondary N) is 1. The third kappa shape index (κ3) is 3.54. The van der Waals surface area contributed by atoms with Gasteiger partial charge < -0.3 is 15.0 Å². The van der Waals surface area contributed by atoms with Gasteiger partial charge in [-0.15, -0.1) is 11.3 Å². The Hall–Kier alpha value is -1.59. The molecule has 0 amide bonds. The van der Waals surface area contributed by atoms with Crippen LogP contribution in [0.15, 0.2) is 29.6 Å². The molecule has 0 atom stereocenters. The molecule has 1 aromatic heterocycles. The van der Waals surface area contributed by atoms with Crippen LogP contribution in [0.5, 0.6) is 5.75 Å². The van der Waals surface area contributed by atoms with E-state index in [1.165, 1.54) is 5.56 Å². The lowest BCUT2D eigenvalue weighted by atomic mass is 10.2. The van der Waals surface area contributed by atoms with Gasteiger partial charge in [0.25, 0.3) is 0 Å². The van der Waals surface area contributed by atoms with Crippen LogP contribution in [0.3, 0.4) is 0 Å². The van der Waals surface area contributed by atoms with E-state index in [0.29, 0.717) is 12.6 Å². The van der Waals surface area contributed by atoms with Crippen molar-refractivity contribution in [2.24, 2.45) is 0 Å². The molecule has 112 valence electrons. The maximum Gasteiger partial charge on any atom is 0.185 e. The topological polar surface area (TPSA) is 37.4 Å². The van der Waals surface area contributed by atoms with Crippen molar-refractivity contribution in [3.63, 3.8) is 0 Å². The lowest BCUT2D eigenvalue weighted by Gasteiger charge is -2.18. The number of ether oxygens (including phenoxy) is 1. The average Bonchev–Trinajstić information content (AvgIpc) is 2.84. The van der Waals surface area contributed by atoms with Gasteiger partial charge in [-0.3, -0.25) is 0 Å². The minimum Gasteiger partial charge on any atom is -0.491 e. The number of hydrogen-bond donors (Lipinski definition) is 1. The molecule has 0 saturated carbocycles. The second kappa shape index (κ2) is 6.45. The second-order valence-corrected chi connectivity index (χ2v) is 6.37. The number of anilines is 1. The van der Waals surface area contributed by atoms with Crippen molar-refractivity contribution in [3.8, 4) is 5.75 Å². The lowest BCUT2D eigenvalue weighted by molar-refractivity contribution is 0.331. The molecule has 1 aliphatic heterocycles. The van der Waals surface area contributed by atoms with E-state index in [2.05, 4.69) is 41.6 Å². The van der Waals surface area contributed by atoms with E-state index in [9.17, 15) is 0 Å². The fourth-order valence-electron chi connectivity index (χ4n) is 2.32. The molecule has 1 aliphatic rings. The maximum absolute atomic E-state index is 5.81. The minimum absolute atomic E-state index is 0.480. The Kier molecular flexibility index (Phi) is 4.41. The summed E-state index contributed by atoms with van der Waals surface area (Å²) < 4.78 is 5.81. The summed E-state index contributed by atoms with van der Waals surface area (Å²) in [7, 11) is 0. The molecular formula is C16H21N3OS. The van der Waals surface area contributed by atoms with Gasteiger partial charge >= 0.3 is 0 Å². The van der Waals surface area contributed by atoms with Crippen LogP contribution < -0.4 is 15.0 Å². The van der Waals surface area contributed by atoms with Gasteiger partial charge in [0.1, 0.15) is 12.4 Å². The molecule has 0 spiro atoms. The number of aromatic nitrogens is 1. The number of nitrogens with zero attached hydrogens (tertiary/aromatic N) is 2. The van der Waals surface area contributed by atoms with Crippen molar-refractivity contribution in [3.05, 3.63) is 40.9 Å². The predicted octanol–water partition coefficient (Wildman–Crippen LogP) is 3.04. The Morgan fingerprint density at radius 2 is 2.24 bits per heavy atom. The normalized spacial score (nSPS) is 14.7.